The molecule has 0 aliphatic rings. The average molecular weight is 584 g/mol. The van der Waals surface area contributed by atoms with Gasteiger partial charge in [-0.05, 0) is 57.6 Å². The van der Waals surface area contributed by atoms with Crippen LogP contribution in [-0.2, 0) is 36.7 Å². The number of carbonyl (C=O) groups excluding carboxylic acids is 4. The summed E-state index contributed by atoms with van der Waals surface area (Å²) in [5, 5.41) is 19.1. The molecule has 0 heterocycles. The van der Waals surface area contributed by atoms with E-state index in [1.54, 1.807) is 27.7 Å². The van der Waals surface area contributed by atoms with Gasteiger partial charge in [0.15, 0.2) is 6.10 Å². The summed E-state index contributed by atoms with van der Waals surface area (Å²) in [4.78, 5) is 52.1. The van der Waals surface area contributed by atoms with Crippen LogP contribution in [0, 0.1) is 5.92 Å². The van der Waals surface area contributed by atoms with Crippen LogP contribution < -0.4 is 16.0 Å². The van der Waals surface area contributed by atoms with Crippen LogP contribution in [0.5, 0.6) is 0 Å². The molecule has 0 fully saturated rings. The molecule has 0 saturated carbocycles. The first kappa shape index (κ1) is 34.3. The molecule has 4 atom stereocenters. The van der Waals surface area contributed by atoms with E-state index in [9.17, 15) is 24.3 Å². The Morgan fingerprint density at radius 2 is 1.31 bits per heavy atom. The minimum Gasteiger partial charge on any atom is -0.464 e. The van der Waals surface area contributed by atoms with Crippen molar-refractivity contribution in [3.63, 3.8) is 0 Å². The van der Waals surface area contributed by atoms with Crippen molar-refractivity contribution in [3.8, 4) is 0 Å². The summed E-state index contributed by atoms with van der Waals surface area (Å²) in [5.74, 6) is -1.94. The van der Waals surface area contributed by atoms with Gasteiger partial charge in [0.1, 0.15) is 17.7 Å². The highest BCUT2D eigenvalue weighted by molar-refractivity contribution is 5.92. The molecule has 0 spiro atoms. The SMILES string of the molecule is CCOC(=O)[C@H](CC(C)C)NC(=O)[C@H](Cc1ccccc1)NC(=O)[C@@H](O)[C@H](Cc1ccccc1)NC(=O)OC(C)(C)C. The number of hydrogen-bond donors (Lipinski definition) is 4. The zero-order chi connectivity index (χ0) is 31.3. The number of hydrogen-bond acceptors (Lipinski definition) is 7. The molecule has 0 aliphatic heterocycles. The lowest BCUT2D eigenvalue weighted by Gasteiger charge is -2.28. The lowest BCUT2D eigenvalue weighted by molar-refractivity contribution is -0.148. The Kier molecular flexibility index (Phi) is 13.5. The predicted octanol–water partition coefficient (Wildman–Crippen LogP) is 3.30. The summed E-state index contributed by atoms with van der Waals surface area (Å²) in [7, 11) is 0. The fraction of sp³-hybridized carbons (Fsp3) is 0.500. The third kappa shape index (κ3) is 12.3. The van der Waals surface area contributed by atoms with E-state index in [1.807, 2.05) is 74.5 Å². The number of amides is 3. The van der Waals surface area contributed by atoms with Crippen LogP contribution >= 0.6 is 0 Å². The van der Waals surface area contributed by atoms with Gasteiger partial charge in [0.25, 0.3) is 5.91 Å². The van der Waals surface area contributed by atoms with E-state index in [2.05, 4.69) is 16.0 Å². The Morgan fingerprint density at radius 3 is 1.81 bits per heavy atom. The fourth-order valence-electron chi connectivity index (χ4n) is 4.27. The minimum atomic E-state index is -1.72. The first-order chi connectivity index (χ1) is 19.8. The maximum atomic E-state index is 13.5. The minimum absolute atomic E-state index is 0.0846. The summed E-state index contributed by atoms with van der Waals surface area (Å²) in [6.45, 7) is 10.8. The zero-order valence-corrected chi connectivity index (χ0v) is 25.4. The highest BCUT2D eigenvalue weighted by Crippen LogP contribution is 2.13. The quantitative estimate of drug-likeness (QED) is 0.250. The van der Waals surface area contributed by atoms with Crippen molar-refractivity contribution < 1.29 is 33.8 Å². The number of esters is 1. The van der Waals surface area contributed by atoms with Gasteiger partial charge in [-0.15, -0.1) is 0 Å². The third-order valence-corrected chi connectivity index (χ3v) is 6.16. The molecular weight excluding hydrogens is 538 g/mol. The fourth-order valence-corrected chi connectivity index (χ4v) is 4.27. The van der Waals surface area contributed by atoms with Crippen LogP contribution in [0.1, 0.15) is 59.1 Å². The second kappa shape index (κ2) is 16.5. The molecule has 42 heavy (non-hydrogen) atoms. The van der Waals surface area contributed by atoms with Gasteiger partial charge in [0, 0.05) is 6.42 Å². The Hall–Kier alpha value is -3.92. The number of aliphatic hydroxyl groups excluding tert-OH is 1. The molecular formula is C32H45N3O7. The monoisotopic (exact) mass is 583 g/mol. The van der Waals surface area contributed by atoms with Crippen molar-refractivity contribution in [3.05, 3.63) is 71.8 Å². The maximum absolute atomic E-state index is 13.5. The number of carbonyl (C=O) groups is 4. The Morgan fingerprint density at radius 1 is 0.786 bits per heavy atom. The topological polar surface area (TPSA) is 143 Å². The largest absolute Gasteiger partial charge is 0.464 e. The molecule has 10 heteroatoms. The van der Waals surface area contributed by atoms with Crippen LogP contribution in [0.2, 0.25) is 0 Å². The number of ether oxygens (including phenoxy) is 2. The summed E-state index contributed by atoms with van der Waals surface area (Å²) >= 11 is 0. The second-order valence-electron chi connectivity index (χ2n) is 11.6. The highest BCUT2D eigenvalue weighted by Gasteiger charge is 2.34. The average Bonchev–Trinajstić information content (AvgIpc) is 2.91. The van der Waals surface area contributed by atoms with Crippen LogP contribution in [0.4, 0.5) is 4.79 Å². The van der Waals surface area contributed by atoms with Gasteiger partial charge < -0.3 is 30.5 Å². The molecule has 0 saturated heterocycles. The molecule has 0 unspecified atom stereocenters. The van der Waals surface area contributed by atoms with Crippen LogP contribution in [-0.4, -0.2) is 65.4 Å². The summed E-state index contributed by atoms with van der Waals surface area (Å²) in [6.07, 6.45) is -1.94. The molecule has 0 aliphatic carbocycles. The lowest BCUT2D eigenvalue weighted by atomic mass is 9.99. The molecule has 230 valence electrons. The van der Waals surface area contributed by atoms with E-state index in [0.29, 0.717) is 6.42 Å². The molecule has 4 N–H and O–H groups in total. The summed E-state index contributed by atoms with van der Waals surface area (Å²) < 4.78 is 10.5. The Balaban J connectivity index is 2.30. The van der Waals surface area contributed by atoms with Gasteiger partial charge in [-0.25, -0.2) is 9.59 Å². The summed E-state index contributed by atoms with van der Waals surface area (Å²) in [5.41, 5.74) is 0.741. The van der Waals surface area contributed by atoms with Gasteiger partial charge in [-0.1, -0.05) is 74.5 Å². The number of alkyl carbamates (subject to hydrolysis) is 1. The molecule has 2 aromatic carbocycles. The van der Waals surface area contributed by atoms with Crippen molar-refractivity contribution in [2.75, 3.05) is 6.61 Å². The van der Waals surface area contributed by atoms with Gasteiger partial charge in [-0.3, -0.25) is 9.59 Å². The third-order valence-electron chi connectivity index (χ3n) is 6.16. The molecule has 2 aromatic rings. The van der Waals surface area contributed by atoms with Crippen molar-refractivity contribution in [1.82, 2.24) is 16.0 Å². The van der Waals surface area contributed by atoms with E-state index < -0.39 is 53.7 Å². The van der Waals surface area contributed by atoms with E-state index in [4.69, 9.17) is 9.47 Å². The first-order valence-electron chi connectivity index (χ1n) is 14.3. The second-order valence-corrected chi connectivity index (χ2v) is 11.6. The maximum Gasteiger partial charge on any atom is 0.407 e. The smallest absolute Gasteiger partial charge is 0.407 e. The number of benzene rings is 2. The van der Waals surface area contributed by atoms with Gasteiger partial charge in [0.05, 0.1) is 12.6 Å². The normalized spacial score (nSPS) is 14.2. The molecule has 3 amide bonds. The van der Waals surface area contributed by atoms with Gasteiger partial charge in [-0.2, -0.15) is 0 Å². The number of aliphatic hydroxyl groups is 1. The van der Waals surface area contributed by atoms with E-state index in [0.717, 1.165) is 11.1 Å². The van der Waals surface area contributed by atoms with Crippen molar-refractivity contribution in [2.45, 2.75) is 90.6 Å². The number of nitrogens with one attached hydrogen (secondary N) is 3. The van der Waals surface area contributed by atoms with E-state index in [-0.39, 0.29) is 25.4 Å². The highest BCUT2D eigenvalue weighted by atomic mass is 16.6. The molecule has 0 bridgehead atoms. The van der Waals surface area contributed by atoms with Crippen LogP contribution in [0.3, 0.4) is 0 Å². The van der Waals surface area contributed by atoms with Gasteiger partial charge >= 0.3 is 12.1 Å². The molecule has 0 aromatic heterocycles. The lowest BCUT2D eigenvalue weighted by Crippen LogP contribution is -2.58. The first-order valence-corrected chi connectivity index (χ1v) is 14.3. The van der Waals surface area contributed by atoms with E-state index in [1.165, 1.54) is 0 Å². The van der Waals surface area contributed by atoms with Crippen LogP contribution in [0.25, 0.3) is 0 Å². The van der Waals surface area contributed by atoms with Gasteiger partial charge in [0.2, 0.25) is 5.91 Å². The molecule has 2 rings (SSSR count). The van der Waals surface area contributed by atoms with E-state index >= 15 is 0 Å². The van der Waals surface area contributed by atoms with Crippen molar-refractivity contribution in [2.24, 2.45) is 5.92 Å². The summed E-state index contributed by atoms with van der Waals surface area (Å²) in [6, 6.07) is 15.0. The molecule has 0 radical (unpaired) electrons. The Bertz CT molecular complexity index is 1150. The number of rotatable bonds is 14. The van der Waals surface area contributed by atoms with Crippen LogP contribution in [0.15, 0.2) is 60.7 Å². The Labute approximate surface area is 248 Å². The predicted molar refractivity (Wildman–Crippen MR) is 159 cm³/mol. The van der Waals surface area contributed by atoms with Crippen molar-refractivity contribution >= 4 is 23.9 Å². The standard InChI is InChI=1S/C32H45N3O7/c1-7-41-30(39)26(18-21(2)3)34-28(37)25(20-23-16-12-9-13-17-23)33-29(38)27(36)24(19-22-14-10-8-11-15-22)35-31(40)42-32(4,5)6/h8-17,21,24-27,36H,7,18-20H2,1-6H3,(H,33,38)(H,34,37)(H,35,40)/t24-,25-,26-,27-/m0/s1. The van der Waals surface area contributed by atoms with Crippen molar-refractivity contribution in [1.29, 1.82) is 0 Å². The zero-order valence-electron chi connectivity index (χ0n) is 25.4. The molecule has 10 nitrogen and oxygen atoms in total.